The van der Waals surface area contributed by atoms with Gasteiger partial charge in [0.05, 0.1) is 25.5 Å². The fraction of sp³-hybridized carbons (Fsp3) is 0.611. The number of nitrogens with two attached hydrogens (primary N) is 1. The summed E-state index contributed by atoms with van der Waals surface area (Å²) in [6, 6.07) is 0.468. The quantitative estimate of drug-likeness (QED) is 0.161. The Bertz CT molecular complexity index is 1160. The van der Waals surface area contributed by atoms with E-state index in [-0.39, 0.29) is 6.42 Å². The summed E-state index contributed by atoms with van der Waals surface area (Å²) < 4.78 is 33.8. The first-order valence-electron chi connectivity index (χ1n) is 10.8. The van der Waals surface area contributed by atoms with Gasteiger partial charge in [-0.3, -0.25) is 28.3 Å². The Labute approximate surface area is 202 Å². The maximum Gasteiger partial charge on any atom is 0.472 e. The third kappa shape index (κ3) is 5.76. The number of aromatic nitrogens is 2. The largest absolute Gasteiger partial charge is 0.472 e. The number of hydrogen-bond acceptors (Lipinski definition) is 12. The Hall–Kier alpha value is -2.44. The molecule has 9 atom stereocenters. The molecule has 200 valence electrons. The number of amides is 2. The van der Waals surface area contributed by atoms with Gasteiger partial charge in [-0.1, -0.05) is 0 Å². The van der Waals surface area contributed by atoms with Gasteiger partial charge >= 0.3 is 19.5 Å². The summed E-state index contributed by atoms with van der Waals surface area (Å²) in [6.07, 6.45) is -5.70. The van der Waals surface area contributed by atoms with Crippen LogP contribution < -0.4 is 22.3 Å². The molecule has 3 aliphatic heterocycles. The van der Waals surface area contributed by atoms with Crippen LogP contribution in [0.4, 0.5) is 4.79 Å². The summed E-state index contributed by atoms with van der Waals surface area (Å²) in [7, 11) is -4.75. The molecule has 2 unspecified atom stereocenters. The number of H-pyrrole nitrogens is 1. The molecular weight excluding hydrogens is 509 g/mol. The number of carbonyl (C=O) groups is 1. The number of urea groups is 1. The van der Waals surface area contributed by atoms with Crippen molar-refractivity contribution in [1.82, 2.24) is 19.8 Å². The van der Waals surface area contributed by atoms with Gasteiger partial charge in [0.2, 0.25) is 0 Å². The Morgan fingerprint density at radius 3 is 2.47 bits per heavy atom. The van der Waals surface area contributed by atoms with Gasteiger partial charge < -0.3 is 40.7 Å². The second kappa shape index (κ2) is 10.5. The maximum absolute atomic E-state index is 12.3. The molecule has 1 aromatic rings. The highest BCUT2D eigenvalue weighted by Crippen LogP contribution is 2.45. The minimum absolute atomic E-state index is 0.00309. The van der Waals surface area contributed by atoms with Crippen LogP contribution in [0.3, 0.4) is 0 Å². The average molecular weight is 535 g/mol. The van der Waals surface area contributed by atoms with Crippen molar-refractivity contribution >= 4 is 13.9 Å². The van der Waals surface area contributed by atoms with E-state index in [4.69, 9.17) is 24.3 Å². The van der Waals surface area contributed by atoms with E-state index in [0.29, 0.717) is 0 Å². The molecule has 4 heterocycles. The van der Waals surface area contributed by atoms with Crippen molar-refractivity contribution in [3.8, 4) is 0 Å². The van der Waals surface area contributed by atoms with E-state index in [0.717, 1.165) is 16.8 Å². The first kappa shape index (κ1) is 26.6. The molecule has 0 spiro atoms. The average Bonchev–Trinajstić information content (AvgIpc) is 3.30. The summed E-state index contributed by atoms with van der Waals surface area (Å²) in [6.45, 7) is -1.29. The lowest BCUT2D eigenvalue weighted by Crippen LogP contribution is -2.52. The highest BCUT2D eigenvalue weighted by atomic mass is 31.2. The Morgan fingerprint density at radius 2 is 1.81 bits per heavy atom. The van der Waals surface area contributed by atoms with E-state index < -0.39 is 87.5 Å². The van der Waals surface area contributed by atoms with E-state index in [1.807, 2.05) is 4.98 Å². The number of phosphoric acid groups is 1. The first-order valence-corrected chi connectivity index (χ1v) is 12.3. The molecule has 2 fully saturated rings. The van der Waals surface area contributed by atoms with Crippen LogP contribution in [0.5, 0.6) is 0 Å². The number of phosphoric ester groups is 1. The molecule has 1 aromatic heterocycles. The van der Waals surface area contributed by atoms with Crippen molar-refractivity contribution < 1.29 is 48.1 Å². The number of aromatic amines is 1. The van der Waals surface area contributed by atoms with Gasteiger partial charge in [-0.05, 0) is 6.08 Å². The Balaban J connectivity index is 1.29. The summed E-state index contributed by atoms with van der Waals surface area (Å²) in [4.78, 5) is 48.3. The molecule has 2 saturated heterocycles. The standard InChI is InChI=1S/C18H26N5O12P/c19-11-1-3-22(17(28)20-11)13-5-8(24)9(34-13)6-32-36(30,31)33-7-10-14(26)15(27)16(35-10)23-4-2-12(25)21-18(23)29/h1-4,8-11,13-16,24,26-27H,5-7,19H2,(H,20,28)(H,30,31)(H,21,25,29)/t8-,9+,10+,11?,13+,14+,15+,16+/m0/s1. The zero-order valence-electron chi connectivity index (χ0n) is 18.5. The number of nitrogens with one attached hydrogen (secondary N) is 2. The van der Waals surface area contributed by atoms with Gasteiger partial charge in [-0.15, -0.1) is 0 Å². The van der Waals surface area contributed by atoms with Crippen molar-refractivity contribution in [1.29, 1.82) is 0 Å². The van der Waals surface area contributed by atoms with Crippen LogP contribution >= 0.6 is 7.82 Å². The molecule has 3 aliphatic rings. The summed E-state index contributed by atoms with van der Waals surface area (Å²) in [5, 5.41) is 33.1. The molecule has 0 bridgehead atoms. The highest BCUT2D eigenvalue weighted by molar-refractivity contribution is 7.47. The van der Waals surface area contributed by atoms with E-state index in [1.165, 1.54) is 17.2 Å². The fourth-order valence-electron chi connectivity index (χ4n) is 3.88. The van der Waals surface area contributed by atoms with Crippen molar-refractivity contribution in [2.24, 2.45) is 5.73 Å². The lowest BCUT2D eigenvalue weighted by atomic mass is 10.1. The number of aliphatic hydroxyl groups excluding tert-OH is 3. The number of hydrogen-bond donors (Lipinski definition) is 7. The molecule has 2 amide bonds. The van der Waals surface area contributed by atoms with Gasteiger partial charge in [0, 0.05) is 24.9 Å². The van der Waals surface area contributed by atoms with Gasteiger partial charge in [0.1, 0.15) is 30.6 Å². The molecule has 17 nitrogen and oxygen atoms in total. The first-order chi connectivity index (χ1) is 16.9. The normalized spacial score (nSPS) is 36.1. The molecule has 4 rings (SSSR count). The van der Waals surface area contributed by atoms with Gasteiger partial charge in [0.25, 0.3) is 5.56 Å². The predicted octanol–water partition coefficient (Wildman–Crippen LogP) is -3.41. The monoisotopic (exact) mass is 535 g/mol. The summed E-state index contributed by atoms with van der Waals surface area (Å²) in [5.41, 5.74) is 4.01. The Kier molecular flexibility index (Phi) is 7.77. The molecule has 18 heteroatoms. The van der Waals surface area contributed by atoms with E-state index in [2.05, 4.69) is 5.32 Å². The maximum atomic E-state index is 12.3. The topological polar surface area (TPSA) is 248 Å². The number of rotatable bonds is 8. The summed E-state index contributed by atoms with van der Waals surface area (Å²) in [5.74, 6) is 0. The third-order valence-corrected chi connectivity index (χ3v) is 6.71. The molecule has 0 radical (unpaired) electrons. The van der Waals surface area contributed by atoms with Crippen molar-refractivity contribution in [3.05, 3.63) is 45.4 Å². The lowest BCUT2D eigenvalue weighted by molar-refractivity contribution is -0.0645. The second-order valence-corrected chi connectivity index (χ2v) is 9.73. The van der Waals surface area contributed by atoms with Crippen LogP contribution in [0.25, 0.3) is 0 Å². The van der Waals surface area contributed by atoms with Gasteiger partial charge in [0.15, 0.2) is 6.23 Å². The predicted molar refractivity (Wildman–Crippen MR) is 116 cm³/mol. The van der Waals surface area contributed by atoms with Crippen LogP contribution in [0.2, 0.25) is 0 Å². The van der Waals surface area contributed by atoms with Gasteiger partial charge in [-0.25, -0.2) is 14.2 Å². The summed E-state index contributed by atoms with van der Waals surface area (Å²) >= 11 is 0. The van der Waals surface area contributed by atoms with Crippen LogP contribution in [-0.4, -0.2) is 96.8 Å². The molecule has 0 aromatic carbocycles. The van der Waals surface area contributed by atoms with E-state index in [1.54, 1.807) is 0 Å². The smallest absolute Gasteiger partial charge is 0.390 e. The number of ether oxygens (including phenoxy) is 2. The Morgan fingerprint density at radius 1 is 1.11 bits per heavy atom. The zero-order chi connectivity index (χ0) is 26.2. The number of nitrogens with zero attached hydrogens (tertiary/aromatic N) is 2. The van der Waals surface area contributed by atoms with Gasteiger partial charge in [-0.2, -0.15) is 0 Å². The minimum atomic E-state index is -4.75. The third-order valence-electron chi connectivity index (χ3n) is 5.76. The second-order valence-electron chi connectivity index (χ2n) is 8.28. The zero-order valence-corrected chi connectivity index (χ0v) is 19.4. The molecule has 0 saturated carbocycles. The number of aliphatic hydroxyl groups is 3. The van der Waals surface area contributed by atoms with Crippen molar-refractivity contribution in [2.75, 3.05) is 13.2 Å². The lowest BCUT2D eigenvalue weighted by Gasteiger charge is -2.30. The molecule has 36 heavy (non-hydrogen) atoms. The highest BCUT2D eigenvalue weighted by Gasteiger charge is 2.46. The van der Waals surface area contributed by atoms with E-state index in [9.17, 15) is 39.2 Å². The molecule has 8 N–H and O–H groups in total. The fourth-order valence-corrected chi connectivity index (χ4v) is 4.62. The van der Waals surface area contributed by atoms with Crippen molar-refractivity contribution in [3.63, 3.8) is 0 Å². The van der Waals surface area contributed by atoms with Crippen molar-refractivity contribution in [2.45, 2.75) is 55.6 Å². The van der Waals surface area contributed by atoms with E-state index >= 15 is 0 Å². The van der Waals surface area contributed by atoms with Crippen LogP contribution in [0.15, 0.2) is 34.1 Å². The van der Waals surface area contributed by atoms with Crippen LogP contribution in [0.1, 0.15) is 12.6 Å². The number of carbonyl (C=O) groups excluding carboxylic acids is 1. The SMILES string of the molecule is NC1C=CN([C@H]2C[C@H](O)[C@@H](COP(=O)(O)OC[C@H]3O[C@@H](n4ccc(=O)[nH]c4=O)[C@H](O)[C@@H]3O)O2)C(=O)N1. The molecule has 0 aliphatic carbocycles. The van der Waals surface area contributed by atoms with Crippen LogP contribution in [-0.2, 0) is 23.1 Å². The molecular formula is C18H26N5O12P. The minimum Gasteiger partial charge on any atom is -0.390 e. The van der Waals surface area contributed by atoms with Crippen LogP contribution in [0, 0.1) is 0 Å².